The maximum atomic E-state index is 5.75. The van der Waals surface area contributed by atoms with E-state index in [1.165, 1.54) is 0 Å². The first-order chi connectivity index (χ1) is 5.29. The zero-order valence-electron chi connectivity index (χ0n) is 5.82. The van der Waals surface area contributed by atoms with Gasteiger partial charge in [-0.1, -0.05) is 11.6 Å². The van der Waals surface area contributed by atoms with Crippen LogP contribution in [0.2, 0.25) is 5.15 Å². The third-order valence-electron chi connectivity index (χ3n) is 1.51. The summed E-state index contributed by atoms with van der Waals surface area (Å²) >= 11 is 5.75. The summed E-state index contributed by atoms with van der Waals surface area (Å²) in [4.78, 5) is 3.93. The molecule has 2 rings (SSSR count). The van der Waals surface area contributed by atoms with Gasteiger partial charge in [-0.3, -0.25) is 4.40 Å². The number of aromatic nitrogens is 4. The Morgan fingerprint density at radius 2 is 2.27 bits per heavy atom. The molecule has 5 heteroatoms. The average molecular weight is 169 g/mol. The molecule has 0 spiro atoms. The van der Waals surface area contributed by atoms with E-state index >= 15 is 0 Å². The van der Waals surface area contributed by atoms with E-state index in [1.54, 1.807) is 17.1 Å². The Labute approximate surface area is 67.8 Å². The summed E-state index contributed by atoms with van der Waals surface area (Å²) in [6.07, 6.45) is 3.18. The SMILES string of the molecule is Cc1c(Cl)ncn2cnnc12. The van der Waals surface area contributed by atoms with Gasteiger partial charge in [-0.15, -0.1) is 10.2 Å². The second kappa shape index (κ2) is 2.17. The lowest BCUT2D eigenvalue weighted by molar-refractivity contribution is 1.06. The second-order valence-corrected chi connectivity index (χ2v) is 2.58. The van der Waals surface area contributed by atoms with Crippen molar-refractivity contribution in [2.75, 3.05) is 0 Å². The fraction of sp³-hybridized carbons (Fsp3) is 0.167. The monoisotopic (exact) mass is 168 g/mol. The van der Waals surface area contributed by atoms with Crippen molar-refractivity contribution in [2.24, 2.45) is 0 Å². The molecule has 0 bridgehead atoms. The molecule has 4 nitrogen and oxygen atoms in total. The Balaban J connectivity index is 2.93. The lowest BCUT2D eigenvalue weighted by Crippen LogP contribution is -1.90. The molecule has 11 heavy (non-hydrogen) atoms. The summed E-state index contributed by atoms with van der Waals surface area (Å²) in [5.41, 5.74) is 1.61. The van der Waals surface area contributed by atoms with Crippen LogP contribution in [-0.2, 0) is 0 Å². The van der Waals surface area contributed by atoms with Gasteiger partial charge in [-0.05, 0) is 6.92 Å². The van der Waals surface area contributed by atoms with Crippen molar-refractivity contribution < 1.29 is 0 Å². The van der Waals surface area contributed by atoms with Crippen molar-refractivity contribution in [2.45, 2.75) is 6.92 Å². The summed E-state index contributed by atoms with van der Waals surface area (Å²) in [6, 6.07) is 0. The molecule has 0 aliphatic heterocycles. The highest BCUT2D eigenvalue weighted by Crippen LogP contribution is 2.13. The minimum atomic E-state index is 0.477. The van der Waals surface area contributed by atoms with Crippen LogP contribution in [0.1, 0.15) is 5.56 Å². The molecule has 0 radical (unpaired) electrons. The number of halogens is 1. The lowest BCUT2D eigenvalue weighted by atomic mass is 10.4. The van der Waals surface area contributed by atoms with Crippen molar-refractivity contribution in [3.05, 3.63) is 23.4 Å². The Bertz CT molecular complexity index is 394. The molecule has 0 unspecified atom stereocenters. The normalized spacial score (nSPS) is 10.7. The largest absolute Gasteiger partial charge is 0.272 e. The molecule has 0 saturated heterocycles. The molecule has 2 aromatic heterocycles. The van der Waals surface area contributed by atoms with E-state index < -0.39 is 0 Å². The van der Waals surface area contributed by atoms with Crippen molar-refractivity contribution in [3.8, 4) is 0 Å². The highest BCUT2D eigenvalue weighted by atomic mass is 35.5. The Kier molecular flexibility index (Phi) is 1.29. The third-order valence-corrected chi connectivity index (χ3v) is 1.89. The van der Waals surface area contributed by atoms with E-state index in [-0.39, 0.29) is 0 Å². The molecule has 0 aliphatic carbocycles. The van der Waals surface area contributed by atoms with E-state index in [1.807, 2.05) is 6.92 Å². The highest BCUT2D eigenvalue weighted by Gasteiger charge is 2.03. The van der Waals surface area contributed by atoms with Crippen LogP contribution in [-0.4, -0.2) is 19.6 Å². The van der Waals surface area contributed by atoms with Crippen LogP contribution in [0.4, 0.5) is 0 Å². The van der Waals surface area contributed by atoms with Gasteiger partial charge < -0.3 is 0 Å². The molecular weight excluding hydrogens is 164 g/mol. The number of rotatable bonds is 0. The third kappa shape index (κ3) is 0.867. The quantitative estimate of drug-likeness (QED) is 0.553. The fourth-order valence-corrected chi connectivity index (χ4v) is 1.03. The van der Waals surface area contributed by atoms with Crippen molar-refractivity contribution in [3.63, 3.8) is 0 Å². The molecule has 0 atom stereocenters. The number of nitrogens with zero attached hydrogens (tertiary/aromatic N) is 4. The molecule has 2 aromatic rings. The Hall–Kier alpha value is -1.16. The van der Waals surface area contributed by atoms with Gasteiger partial charge in [0.1, 0.15) is 17.8 Å². The number of hydrogen-bond donors (Lipinski definition) is 0. The molecule has 0 N–H and O–H groups in total. The van der Waals surface area contributed by atoms with E-state index in [0.29, 0.717) is 5.15 Å². The van der Waals surface area contributed by atoms with Crippen LogP contribution in [0.15, 0.2) is 12.7 Å². The summed E-state index contributed by atoms with van der Waals surface area (Å²) in [5.74, 6) is 0. The standard InChI is InChI=1S/C6H5ClN4/c1-4-5(7)8-2-11-3-9-10-6(4)11/h2-3H,1H3. The summed E-state index contributed by atoms with van der Waals surface area (Å²) < 4.78 is 1.72. The smallest absolute Gasteiger partial charge is 0.167 e. The van der Waals surface area contributed by atoms with Crippen molar-refractivity contribution in [1.29, 1.82) is 0 Å². The van der Waals surface area contributed by atoms with Crippen molar-refractivity contribution in [1.82, 2.24) is 19.6 Å². The average Bonchev–Trinajstić information content (AvgIpc) is 2.45. The van der Waals surface area contributed by atoms with Gasteiger partial charge in [-0.2, -0.15) is 0 Å². The number of aryl methyl sites for hydroxylation is 1. The van der Waals surface area contributed by atoms with Crippen molar-refractivity contribution >= 4 is 17.2 Å². The van der Waals surface area contributed by atoms with Crippen LogP contribution < -0.4 is 0 Å². The highest BCUT2D eigenvalue weighted by molar-refractivity contribution is 6.30. The first-order valence-electron chi connectivity index (χ1n) is 3.09. The maximum Gasteiger partial charge on any atom is 0.167 e. The van der Waals surface area contributed by atoms with Gasteiger partial charge in [0, 0.05) is 5.56 Å². The van der Waals surface area contributed by atoms with E-state index in [0.717, 1.165) is 11.2 Å². The van der Waals surface area contributed by atoms with Crippen LogP contribution in [0.25, 0.3) is 5.65 Å². The van der Waals surface area contributed by atoms with Crippen LogP contribution >= 0.6 is 11.6 Å². The van der Waals surface area contributed by atoms with Gasteiger partial charge in [0.15, 0.2) is 5.65 Å². The topological polar surface area (TPSA) is 43.1 Å². The predicted molar refractivity (Wildman–Crippen MR) is 40.5 cm³/mol. The van der Waals surface area contributed by atoms with Crippen LogP contribution in [0, 0.1) is 6.92 Å². The molecule has 56 valence electrons. The molecule has 0 aromatic carbocycles. The molecule has 0 fully saturated rings. The Morgan fingerprint density at radius 1 is 1.45 bits per heavy atom. The van der Waals surface area contributed by atoms with Crippen LogP contribution in [0.3, 0.4) is 0 Å². The molecule has 0 saturated carbocycles. The molecule has 0 amide bonds. The maximum absolute atomic E-state index is 5.75. The first kappa shape index (κ1) is 6.54. The zero-order valence-corrected chi connectivity index (χ0v) is 6.58. The lowest BCUT2D eigenvalue weighted by Gasteiger charge is -1.96. The number of fused-ring (bicyclic) bond motifs is 1. The van der Waals surface area contributed by atoms with Crippen LogP contribution in [0.5, 0.6) is 0 Å². The fourth-order valence-electron chi connectivity index (χ4n) is 0.898. The molecular formula is C6H5ClN4. The zero-order chi connectivity index (χ0) is 7.84. The van der Waals surface area contributed by atoms with E-state index in [4.69, 9.17) is 11.6 Å². The minimum absolute atomic E-state index is 0.477. The first-order valence-corrected chi connectivity index (χ1v) is 3.47. The van der Waals surface area contributed by atoms with Gasteiger partial charge >= 0.3 is 0 Å². The summed E-state index contributed by atoms with van der Waals surface area (Å²) in [6.45, 7) is 1.86. The number of hydrogen-bond acceptors (Lipinski definition) is 3. The Morgan fingerprint density at radius 3 is 3.09 bits per heavy atom. The predicted octanol–water partition coefficient (Wildman–Crippen LogP) is 1.09. The summed E-state index contributed by atoms with van der Waals surface area (Å²) in [5, 5.41) is 8.06. The molecule has 0 aliphatic rings. The molecule has 2 heterocycles. The minimum Gasteiger partial charge on any atom is -0.272 e. The van der Waals surface area contributed by atoms with Gasteiger partial charge in [-0.25, -0.2) is 4.98 Å². The van der Waals surface area contributed by atoms with Gasteiger partial charge in [0.05, 0.1) is 0 Å². The second-order valence-electron chi connectivity index (χ2n) is 2.22. The van der Waals surface area contributed by atoms with Gasteiger partial charge in [0.25, 0.3) is 0 Å². The van der Waals surface area contributed by atoms with E-state index in [9.17, 15) is 0 Å². The summed E-state index contributed by atoms with van der Waals surface area (Å²) in [7, 11) is 0. The van der Waals surface area contributed by atoms with Gasteiger partial charge in [0.2, 0.25) is 0 Å². The van der Waals surface area contributed by atoms with E-state index in [2.05, 4.69) is 15.2 Å².